The Bertz CT molecular complexity index is 813. The van der Waals surface area contributed by atoms with E-state index in [0.29, 0.717) is 0 Å². The zero-order valence-electron chi connectivity index (χ0n) is 11.0. The van der Waals surface area contributed by atoms with Crippen molar-refractivity contribution in [1.82, 2.24) is 0 Å². The van der Waals surface area contributed by atoms with Crippen molar-refractivity contribution in [2.24, 2.45) is 0 Å². The van der Waals surface area contributed by atoms with Crippen LogP contribution in [-0.4, -0.2) is 0 Å². The normalized spacial score (nSPS) is 12.6. The fraction of sp³-hybridized carbons (Fsp3) is 0. The summed E-state index contributed by atoms with van der Waals surface area (Å²) < 4.78 is 1.14. The molecule has 0 unspecified atom stereocenters. The maximum Gasteiger partial charge on any atom is 0.0273 e. The predicted molar refractivity (Wildman–Crippen MR) is 94.3 cm³/mol. The zero-order chi connectivity index (χ0) is 14.2. The molecule has 0 aliphatic carbocycles. The molecule has 4 rings (SSSR count). The maximum absolute atomic E-state index is 3.55. The lowest BCUT2D eigenvalue weighted by atomic mass is 10.1. The Morgan fingerprint density at radius 2 is 1.24 bits per heavy atom. The van der Waals surface area contributed by atoms with E-state index in [4.69, 9.17) is 0 Å². The second-order valence-electron chi connectivity index (χ2n) is 4.82. The molecule has 1 aliphatic rings. The Balaban J connectivity index is 1.75. The highest BCUT2D eigenvalue weighted by atomic mass is 79.9. The van der Waals surface area contributed by atoms with Gasteiger partial charge in [0, 0.05) is 24.1 Å². The molecule has 0 saturated heterocycles. The lowest BCUT2D eigenvalue weighted by molar-refractivity contribution is 1.15. The first kappa shape index (κ1) is 13.5. The van der Waals surface area contributed by atoms with E-state index in [0.717, 1.165) is 4.47 Å². The Morgan fingerprint density at radius 3 is 2.00 bits per heavy atom. The molecule has 0 aromatic heterocycles. The van der Waals surface area contributed by atoms with E-state index in [1.807, 2.05) is 23.5 Å². The van der Waals surface area contributed by atoms with Crippen molar-refractivity contribution in [1.29, 1.82) is 0 Å². The predicted octanol–water partition coefficient (Wildman–Crippen LogP) is 6.73. The summed E-state index contributed by atoms with van der Waals surface area (Å²) in [4.78, 5) is 5.34. The molecule has 0 saturated carbocycles. The molecule has 3 aromatic carbocycles. The van der Waals surface area contributed by atoms with Gasteiger partial charge in [-0.2, -0.15) is 0 Å². The summed E-state index contributed by atoms with van der Waals surface area (Å²) in [6, 6.07) is 23.8. The first-order valence-electron chi connectivity index (χ1n) is 6.64. The molecule has 3 aromatic rings. The molecule has 1 aliphatic heterocycles. The van der Waals surface area contributed by atoms with Crippen molar-refractivity contribution in [2.45, 2.75) is 19.6 Å². The maximum atomic E-state index is 3.55. The summed E-state index contributed by atoms with van der Waals surface area (Å²) in [7, 11) is 0. The van der Waals surface area contributed by atoms with Crippen LogP contribution in [0.1, 0.15) is 0 Å². The Labute approximate surface area is 141 Å². The smallest absolute Gasteiger partial charge is 0.0273 e. The average Bonchev–Trinajstić information content (AvgIpc) is 2.53. The number of fused-ring (bicyclic) bond motifs is 2. The number of hydrogen-bond donors (Lipinski definition) is 0. The zero-order valence-corrected chi connectivity index (χ0v) is 14.3. The summed E-state index contributed by atoms with van der Waals surface area (Å²) in [6.45, 7) is 0. The molecule has 21 heavy (non-hydrogen) atoms. The standard InChI is InChI=1S/C18H11BrS2/c19-14-7-9-16-18(11-14)21-15-8-6-13(10-17(15)20-16)12-4-2-1-3-5-12/h1-11H. The van der Waals surface area contributed by atoms with Crippen LogP contribution in [0.15, 0.2) is 90.8 Å². The van der Waals surface area contributed by atoms with Gasteiger partial charge in [0.2, 0.25) is 0 Å². The average molecular weight is 371 g/mol. The van der Waals surface area contributed by atoms with Crippen LogP contribution < -0.4 is 0 Å². The van der Waals surface area contributed by atoms with Gasteiger partial charge in [-0.1, -0.05) is 75.9 Å². The summed E-state index contributed by atoms with van der Waals surface area (Å²) in [5, 5.41) is 0. The monoisotopic (exact) mass is 370 g/mol. The second kappa shape index (κ2) is 5.56. The van der Waals surface area contributed by atoms with E-state index >= 15 is 0 Å². The van der Waals surface area contributed by atoms with Crippen molar-refractivity contribution in [3.8, 4) is 11.1 Å². The molecule has 0 atom stereocenters. The first-order valence-corrected chi connectivity index (χ1v) is 9.07. The first-order chi connectivity index (χ1) is 10.3. The minimum Gasteiger partial charge on any atom is -0.0877 e. The number of halogens is 1. The third kappa shape index (κ3) is 2.66. The summed E-state index contributed by atoms with van der Waals surface area (Å²) in [5.41, 5.74) is 2.55. The van der Waals surface area contributed by atoms with Gasteiger partial charge in [-0.3, -0.25) is 0 Å². The van der Waals surface area contributed by atoms with E-state index in [2.05, 4.69) is 82.7 Å². The highest BCUT2D eigenvalue weighted by Crippen LogP contribution is 2.49. The molecular formula is C18H11BrS2. The van der Waals surface area contributed by atoms with Crippen LogP contribution in [0.3, 0.4) is 0 Å². The van der Waals surface area contributed by atoms with E-state index in [1.54, 1.807) is 0 Å². The SMILES string of the molecule is Brc1ccc2c(c1)Sc1ccc(-c3ccccc3)cc1S2. The summed E-state index contributed by atoms with van der Waals surface area (Å²) >= 11 is 7.26. The van der Waals surface area contributed by atoms with Gasteiger partial charge in [0.1, 0.15) is 0 Å². The quantitative estimate of drug-likeness (QED) is 0.364. The molecule has 0 bridgehead atoms. The summed E-state index contributed by atoms with van der Waals surface area (Å²) in [5.74, 6) is 0. The fourth-order valence-corrected chi connectivity index (χ4v) is 5.15. The van der Waals surface area contributed by atoms with Crippen LogP contribution in [0.4, 0.5) is 0 Å². The van der Waals surface area contributed by atoms with Crippen LogP contribution in [0.5, 0.6) is 0 Å². The third-order valence-corrected chi connectivity index (χ3v) is 6.42. The van der Waals surface area contributed by atoms with Crippen LogP contribution in [0, 0.1) is 0 Å². The van der Waals surface area contributed by atoms with E-state index in [1.165, 1.54) is 30.7 Å². The van der Waals surface area contributed by atoms with E-state index in [-0.39, 0.29) is 0 Å². The van der Waals surface area contributed by atoms with Crippen molar-refractivity contribution < 1.29 is 0 Å². The largest absolute Gasteiger partial charge is 0.0877 e. The minimum absolute atomic E-state index is 1.14. The topological polar surface area (TPSA) is 0 Å². The van der Waals surface area contributed by atoms with Gasteiger partial charge in [0.05, 0.1) is 0 Å². The minimum atomic E-state index is 1.14. The highest BCUT2D eigenvalue weighted by molar-refractivity contribution is 9.10. The molecular weight excluding hydrogens is 360 g/mol. The molecule has 0 spiro atoms. The highest BCUT2D eigenvalue weighted by Gasteiger charge is 2.17. The Morgan fingerprint density at radius 1 is 0.571 bits per heavy atom. The van der Waals surface area contributed by atoms with E-state index < -0.39 is 0 Å². The van der Waals surface area contributed by atoms with Gasteiger partial charge in [0.15, 0.2) is 0 Å². The Kier molecular flexibility index (Phi) is 3.57. The van der Waals surface area contributed by atoms with Gasteiger partial charge in [0.25, 0.3) is 0 Å². The van der Waals surface area contributed by atoms with Crippen LogP contribution in [-0.2, 0) is 0 Å². The lowest BCUT2D eigenvalue weighted by Gasteiger charge is -2.19. The van der Waals surface area contributed by atoms with Crippen LogP contribution >= 0.6 is 39.5 Å². The van der Waals surface area contributed by atoms with E-state index in [9.17, 15) is 0 Å². The fourth-order valence-electron chi connectivity index (χ4n) is 2.37. The molecule has 0 radical (unpaired) electrons. The van der Waals surface area contributed by atoms with Gasteiger partial charge < -0.3 is 0 Å². The lowest BCUT2D eigenvalue weighted by Crippen LogP contribution is -1.90. The van der Waals surface area contributed by atoms with Gasteiger partial charge in [-0.05, 0) is 41.5 Å². The molecule has 1 heterocycles. The molecule has 0 N–H and O–H groups in total. The third-order valence-electron chi connectivity index (χ3n) is 3.40. The molecule has 0 nitrogen and oxygen atoms in total. The van der Waals surface area contributed by atoms with Crippen molar-refractivity contribution in [2.75, 3.05) is 0 Å². The molecule has 102 valence electrons. The number of hydrogen-bond acceptors (Lipinski definition) is 2. The number of rotatable bonds is 1. The van der Waals surface area contributed by atoms with Gasteiger partial charge in [-0.25, -0.2) is 0 Å². The van der Waals surface area contributed by atoms with Crippen LogP contribution in [0.25, 0.3) is 11.1 Å². The van der Waals surface area contributed by atoms with Crippen LogP contribution in [0.2, 0.25) is 0 Å². The summed E-state index contributed by atoms with van der Waals surface area (Å²) in [6.07, 6.45) is 0. The Hall–Kier alpha value is -1.16. The molecule has 0 amide bonds. The van der Waals surface area contributed by atoms with Crippen molar-refractivity contribution in [3.63, 3.8) is 0 Å². The van der Waals surface area contributed by atoms with Gasteiger partial charge in [-0.15, -0.1) is 0 Å². The van der Waals surface area contributed by atoms with Crippen molar-refractivity contribution >= 4 is 39.5 Å². The van der Waals surface area contributed by atoms with Gasteiger partial charge >= 0.3 is 0 Å². The molecule has 0 fully saturated rings. The second-order valence-corrected chi connectivity index (χ2v) is 7.91. The molecule has 3 heteroatoms. The number of benzene rings is 3. The van der Waals surface area contributed by atoms with Crippen molar-refractivity contribution in [3.05, 3.63) is 71.2 Å².